The van der Waals surface area contributed by atoms with Crippen LogP contribution in [0.15, 0.2) is 0 Å². The number of rotatable bonds is 8. The molecule has 2 heterocycles. The monoisotopic (exact) mass is 291 g/mol. The summed E-state index contributed by atoms with van der Waals surface area (Å²) in [5.74, 6) is 1.44. The Kier molecular flexibility index (Phi) is 5.26. The van der Waals surface area contributed by atoms with Gasteiger partial charge < -0.3 is 5.73 Å². The Morgan fingerprint density at radius 1 is 1.14 bits per heavy atom. The molecule has 2 aromatic rings. The fourth-order valence-electron chi connectivity index (χ4n) is 2.89. The number of fused-ring (bicyclic) bond motifs is 1. The van der Waals surface area contributed by atoms with Crippen LogP contribution in [0.3, 0.4) is 0 Å². The van der Waals surface area contributed by atoms with E-state index in [4.69, 9.17) is 5.73 Å². The van der Waals surface area contributed by atoms with Crippen LogP contribution in [0.2, 0.25) is 0 Å². The van der Waals surface area contributed by atoms with Gasteiger partial charge in [0.25, 0.3) is 0 Å². The predicted octanol–water partition coefficient (Wildman–Crippen LogP) is 3.52. The summed E-state index contributed by atoms with van der Waals surface area (Å²) in [5.41, 5.74) is 9.15. The molecule has 0 fully saturated rings. The van der Waals surface area contributed by atoms with Crippen molar-refractivity contribution in [2.45, 2.75) is 65.8 Å². The van der Waals surface area contributed by atoms with Gasteiger partial charge in [-0.25, -0.2) is 4.98 Å². The SMILES string of the molecule is CCc1nn(C)c2c1nc(N)n2CCCCCCC(C)C. The average molecular weight is 291 g/mol. The molecule has 0 radical (unpaired) electrons. The molecule has 5 heteroatoms. The largest absolute Gasteiger partial charge is 0.369 e. The molecule has 0 aliphatic heterocycles. The van der Waals surface area contributed by atoms with Gasteiger partial charge in [-0.2, -0.15) is 5.10 Å². The Morgan fingerprint density at radius 2 is 1.86 bits per heavy atom. The van der Waals surface area contributed by atoms with Gasteiger partial charge in [-0.15, -0.1) is 0 Å². The van der Waals surface area contributed by atoms with Crippen LogP contribution < -0.4 is 5.73 Å². The fraction of sp³-hybridized carbons (Fsp3) is 0.750. The Bertz CT molecular complexity index is 579. The quantitative estimate of drug-likeness (QED) is 0.757. The highest BCUT2D eigenvalue weighted by Crippen LogP contribution is 2.22. The molecule has 0 saturated carbocycles. The zero-order valence-corrected chi connectivity index (χ0v) is 13.9. The van der Waals surface area contributed by atoms with Crippen LogP contribution in [-0.2, 0) is 20.0 Å². The van der Waals surface area contributed by atoms with Gasteiger partial charge in [-0.05, 0) is 18.8 Å². The summed E-state index contributed by atoms with van der Waals surface area (Å²) in [6, 6.07) is 0. The molecule has 0 aromatic carbocycles. The van der Waals surface area contributed by atoms with E-state index >= 15 is 0 Å². The van der Waals surface area contributed by atoms with Gasteiger partial charge >= 0.3 is 0 Å². The molecule has 118 valence electrons. The Labute approximate surface area is 127 Å². The molecule has 0 amide bonds. The summed E-state index contributed by atoms with van der Waals surface area (Å²) in [4.78, 5) is 4.50. The highest BCUT2D eigenvalue weighted by atomic mass is 15.3. The molecule has 0 spiro atoms. The molecule has 5 nitrogen and oxygen atoms in total. The van der Waals surface area contributed by atoms with Crippen molar-refractivity contribution in [2.75, 3.05) is 5.73 Å². The molecule has 0 saturated heterocycles. The summed E-state index contributed by atoms with van der Waals surface area (Å²) < 4.78 is 4.03. The van der Waals surface area contributed by atoms with Gasteiger partial charge in [0, 0.05) is 13.6 Å². The topological polar surface area (TPSA) is 61.7 Å². The van der Waals surface area contributed by atoms with Crippen LogP contribution in [0.1, 0.15) is 58.6 Å². The summed E-state index contributed by atoms with van der Waals surface area (Å²) in [6.45, 7) is 7.62. The summed E-state index contributed by atoms with van der Waals surface area (Å²) in [6.07, 6.45) is 7.27. The number of nitrogen functional groups attached to an aromatic ring is 1. The van der Waals surface area contributed by atoms with Gasteiger partial charge in [-0.3, -0.25) is 9.25 Å². The number of nitrogens with zero attached hydrogens (tertiary/aromatic N) is 4. The molecule has 2 aromatic heterocycles. The highest BCUT2D eigenvalue weighted by molar-refractivity contribution is 5.77. The zero-order chi connectivity index (χ0) is 15.4. The lowest BCUT2D eigenvalue weighted by Crippen LogP contribution is -2.07. The Balaban J connectivity index is 1.96. The van der Waals surface area contributed by atoms with Crippen molar-refractivity contribution in [3.05, 3.63) is 5.69 Å². The van der Waals surface area contributed by atoms with Crippen molar-refractivity contribution >= 4 is 17.1 Å². The number of imidazole rings is 1. The molecule has 2 N–H and O–H groups in total. The van der Waals surface area contributed by atoms with Crippen LogP contribution >= 0.6 is 0 Å². The van der Waals surface area contributed by atoms with Crippen LogP contribution in [-0.4, -0.2) is 19.3 Å². The number of hydrogen-bond acceptors (Lipinski definition) is 3. The van der Waals surface area contributed by atoms with Crippen LogP contribution in [0.5, 0.6) is 0 Å². The average Bonchev–Trinajstić information content (AvgIpc) is 2.91. The molecule has 21 heavy (non-hydrogen) atoms. The molecule has 0 bridgehead atoms. The second kappa shape index (κ2) is 6.96. The predicted molar refractivity (Wildman–Crippen MR) is 88.2 cm³/mol. The minimum Gasteiger partial charge on any atom is -0.369 e. The number of hydrogen-bond donors (Lipinski definition) is 1. The van der Waals surface area contributed by atoms with E-state index in [0.717, 1.165) is 42.2 Å². The molecule has 0 aliphatic carbocycles. The van der Waals surface area contributed by atoms with Crippen molar-refractivity contribution in [3.8, 4) is 0 Å². The first-order chi connectivity index (χ1) is 10.0. The van der Waals surface area contributed by atoms with Crippen LogP contribution in [0.4, 0.5) is 5.95 Å². The summed E-state index contributed by atoms with van der Waals surface area (Å²) >= 11 is 0. The second-order valence-electron chi connectivity index (χ2n) is 6.31. The Hall–Kier alpha value is -1.52. The van der Waals surface area contributed by atoms with Crippen molar-refractivity contribution in [3.63, 3.8) is 0 Å². The Morgan fingerprint density at radius 3 is 2.52 bits per heavy atom. The third kappa shape index (κ3) is 3.57. The van der Waals surface area contributed by atoms with Crippen LogP contribution in [0.25, 0.3) is 11.2 Å². The van der Waals surface area contributed by atoms with Gasteiger partial charge in [-0.1, -0.05) is 46.5 Å². The van der Waals surface area contributed by atoms with Gasteiger partial charge in [0.05, 0.1) is 5.69 Å². The third-order valence-electron chi connectivity index (χ3n) is 4.07. The minimum absolute atomic E-state index is 0.620. The summed E-state index contributed by atoms with van der Waals surface area (Å²) in [7, 11) is 1.97. The van der Waals surface area contributed by atoms with E-state index in [2.05, 4.69) is 35.4 Å². The first-order valence-electron chi connectivity index (χ1n) is 8.22. The lowest BCUT2D eigenvalue weighted by molar-refractivity contribution is 0.507. The molecule has 0 aliphatic rings. The van der Waals surface area contributed by atoms with Crippen LogP contribution in [0, 0.1) is 5.92 Å². The van der Waals surface area contributed by atoms with Gasteiger partial charge in [0.1, 0.15) is 5.52 Å². The normalized spacial score (nSPS) is 11.9. The third-order valence-corrected chi connectivity index (χ3v) is 4.07. The number of aromatic nitrogens is 4. The first kappa shape index (κ1) is 15.9. The van der Waals surface area contributed by atoms with Crippen molar-refractivity contribution in [1.82, 2.24) is 19.3 Å². The molecule has 0 unspecified atom stereocenters. The number of anilines is 1. The lowest BCUT2D eigenvalue weighted by Gasteiger charge is -2.07. The number of nitrogens with two attached hydrogens (primary N) is 1. The molecular weight excluding hydrogens is 262 g/mol. The number of aryl methyl sites for hydroxylation is 3. The van der Waals surface area contributed by atoms with E-state index in [1.54, 1.807) is 0 Å². The molecule has 2 rings (SSSR count). The van der Waals surface area contributed by atoms with Crippen molar-refractivity contribution < 1.29 is 0 Å². The highest BCUT2D eigenvalue weighted by Gasteiger charge is 2.16. The first-order valence-corrected chi connectivity index (χ1v) is 8.22. The van der Waals surface area contributed by atoms with E-state index in [1.807, 2.05) is 11.7 Å². The van der Waals surface area contributed by atoms with E-state index in [-0.39, 0.29) is 0 Å². The zero-order valence-electron chi connectivity index (χ0n) is 13.9. The summed E-state index contributed by atoms with van der Waals surface area (Å²) in [5, 5.41) is 4.52. The smallest absolute Gasteiger partial charge is 0.202 e. The van der Waals surface area contributed by atoms with Gasteiger partial charge in [0.15, 0.2) is 5.65 Å². The lowest BCUT2D eigenvalue weighted by atomic mass is 10.0. The van der Waals surface area contributed by atoms with E-state index < -0.39 is 0 Å². The maximum Gasteiger partial charge on any atom is 0.202 e. The fourth-order valence-corrected chi connectivity index (χ4v) is 2.89. The van der Waals surface area contributed by atoms with E-state index in [9.17, 15) is 0 Å². The minimum atomic E-state index is 0.620. The van der Waals surface area contributed by atoms with E-state index in [1.165, 1.54) is 25.7 Å². The number of unbranched alkanes of at least 4 members (excludes halogenated alkanes) is 3. The molecular formula is C16H29N5. The molecule has 0 atom stereocenters. The maximum absolute atomic E-state index is 6.08. The van der Waals surface area contributed by atoms with Gasteiger partial charge in [0.2, 0.25) is 5.95 Å². The van der Waals surface area contributed by atoms with E-state index in [0.29, 0.717) is 5.95 Å². The van der Waals surface area contributed by atoms with Crippen molar-refractivity contribution in [2.24, 2.45) is 13.0 Å². The van der Waals surface area contributed by atoms with Crippen molar-refractivity contribution in [1.29, 1.82) is 0 Å². The standard InChI is InChI=1S/C16H29N5/c1-5-13-14-15(20(4)19-13)21(16(17)18-14)11-9-7-6-8-10-12(2)3/h12H,5-11H2,1-4H3,(H2,17,18). The second-order valence-corrected chi connectivity index (χ2v) is 6.31. The maximum atomic E-state index is 6.08.